The van der Waals surface area contributed by atoms with E-state index in [-0.39, 0.29) is 24.5 Å². The lowest BCUT2D eigenvalue weighted by Crippen LogP contribution is -2.13. The van der Waals surface area contributed by atoms with Crippen LogP contribution in [0.5, 0.6) is 34.5 Å². The van der Waals surface area contributed by atoms with Gasteiger partial charge in [0.05, 0.1) is 84.5 Å². The standard InChI is InChI=1S/C29H30O8.C16H20O7.C13H12O2.CH3ClO2S/c1-3-28(30)36-21-19-34-17-16-33-18-20-35-26-12-8-24(9-13-26)29(31)37-27-14-6-23(7-15-27)22-4-10-25(32-2)11-5-22;1-2-15(17)23-12-10-21-8-7-20-9-11-22-14-5-3-13(4-6-14)16(18)19;1-15-13-8-4-11(5-9-13)10-2-6-12(14)7-3-10;1-5(2,3)4/h3-15H,1,16-21H2,2H3;2-6H,1,7-12H2,(H,18,19);2-9,14H,1H3;1H3. The number of ether oxygens (including phenoxy) is 11. The quantitative estimate of drug-likeness (QED) is 0.0146. The van der Waals surface area contributed by atoms with Crippen molar-refractivity contribution in [3.8, 4) is 56.8 Å². The van der Waals surface area contributed by atoms with Crippen LogP contribution in [-0.2, 0) is 47.1 Å². The van der Waals surface area contributed by atoms with Crippen LogP contribution in [0.25, 0.3) is 22.3 Å². The third kappa shape index (κ3) is 29.5. The molecule has 19 nitrogen and oxygen atoms in total. The van der Waals surface area contributed by atoms with Crippen molar-refractivity contribution < 1.29 is 89.9 Å². The van der Waals surface area contributed by atoms with Gasteiger partial charge in [0.2, 0.25) is 9.05 Å². The number of phenolic OH excluding ortho intramolecular Hbond substituents is 1. The Bertz CT molecular complexity index is 2850. The lowest BCUT2D eigenvalue weighted by Gasteiger charge is -2.09. The van der Waals surface area contributed by atoms with Crippen LogP contribution in [0, 0.1) is 0 Å². The molecule has 0 spiro atoms. The zero-order valence-corrected chi connectivity index (χ0v) is 46.1. The molecule has 2 N–H and O–H groups in total. The summed E-state index contributed by atoms with van der Waals surface area (Å²) >= 11 is 0. The van der Waals surface area contributed by atoms with Crippen LogP contribution in [-0.4, -0.2) is 142 Å². The van der Waals surface area contributed by atoms with E-state index >= 15 is 0 Å². The van der Waals surface area contributed by atoms with Gasteiger partial charge in [-0.05, 0) is 119 Å². The minimum Gasteiger partial charge on any atom is -0.508 e. The maximum Gasteiger partial charge on any atom is 0.343 e. The minimum absolute atomic E-state index is 0.175. The van der Waals surface area contributed by atoms with Gasteiger partial charge in [-0.25, -0.2) is 27.6 Å². The van der Waals surface area contributed by atoms with E-state index < -0.39 is 32.9 Å². The Hall–Kier alpha value is -8.24. The molecule has 0 aliphatic rings. The van der Waals surface area contributed by atoms with E-state index in [2.05, 4.69) is 23.8 Å². The minimum atomic E-state index is -3.19. The summed E-state index contributed by atoms with van der Waals surface area (Å²) in [4.78, 5) is 44.8. The van der Waals surface area contributed by atoms with E-state index in [4.69, 9.17) is 62.3 Å². The molecule has 0 heterocycles. The highest BCUT2D eigenvalue weighted by Gasteiger charge is 2.10. The number of carboxylic acid groups (broad SMARTS) is 1. The van der Waals surface area contributed by atoms with Gasteiger partial charge in [-0.15, -0.1) is 0 Å². The van der Waals surface area contributed by atoms with Gasteiger partial charge >= 0.3 is 23.9 Å². The van der Waals surface area contributed by atoms with Crippen molar-refractivity contribution in [3.63, 3.8) is 0 Å². The average molecular weight is 1150 g/mol. The predicted molar refractivity (Wildman–Crippen MR) is 301 cm³/mol. The maximum absolute atomic E-state index is 12.5. The number of phenols is 1. The van der Waals surface area contributed by atoms with Crippen molar-refractivity contribution in [1.82, 2.24) is 0 Å². The SMILES string of the molecule is C=CC(=O)OCCOCCOCCOc1ccc(C(=O)O)cc1.C=CC(=O)OCCOCCOCCOc1ccc(C(=O)Oc2ccc(-c3ccc(OC)cc3)cc2)cc1.COc1ccc(-c2ccc(O)cc2)cc1.CS(=O)(=O)Cl. The molecule has 0 fully saturated rings. The zero-order valence-electron chi connectivity index (χ0n) is 44.5. The molecule has 6 aromatic rings. The van der Waals surface area contributed by atoms with Gasteiger partial charge in [0, 0.05) is 22.8 Å². The first-order valence-electron chi connectivity index (χ1n) is 24.4. The molecule has 0 atom stereocenters. The van der Waals surface area contributed by atoms with Crippen LogP contribution in [0.2, 0.25) is 0 Å². The summed E-state index contributed by atoms with van der Waals surface area (Å²) in [5, 5.41) is 17.9. The fourth-order valence-electron chi connectivity index (χ4n) is 6.08. The summed E-state index contributed by atoms with van der Waals surface area (Å²) in [6.45, 7) is 10.6. The summed E-state index contributed by atoms with van der Waals surface area (Å²) < 4.78 is 76.3. The summed E-state index contributed by atoms with van der Waals surface area (Å²) in [7, 11) is 4.59. The van der Waals surface area contributed by atoms with Crippen molar-refractivity contribution in [2.45, 2.75) is 0 Å². The van der Waals surface area contributed by atoms with Crippen molar-refractivity contribution in [1.29, 1.82) is 0 Å². The van der Waals surface area contributed by atoms with Crippen LogP contribution in [0.15, 0.2) is 171 Å². The first-order chi connectivity index (χ1) is 38.5. The number of carbonyl (C=O) groups is 4. The Balaban J connectivity index is 0.000000330. The number of halogens is 1. The molecule has 0 saturated carbocycles. The lowest BCUT2D eigenvalue weighted by molar-refractivity contribution is -0.140. The summed E-state index contributed by atoms with van der Waals surface area (Å²) in [5.41, 5.74) is 4.86. The number of carbonyl (C=O) groups excluding carboxylic acids is 3. The predicted octanol–water partition coefficient (Wildman–Crippen LogP) is 9.50. The van der Waals surface area contributed by atoms with Gasteiger partial charge in [-0.1, -0.05) is 61.7 Å². The molecule has 428 valence electrons. The number of benzene rings is 6. The lowest BCUT2D eigenvalue weighted by atomic mass is 10.1. The third-order valence-electron chi connectivity index (χ3n) is 9.98. The zero-order chi connectivity index (χ0) is 58.4. The van der Waals surface area contributed by atoms with Gasteiger partial charge in [-0.2, -0.15) is 0 Å². The molecule has 0 amide bonds. The second-order valence-electron chi connectivity index (χ2n) is 15.8. The highest BCUT2D eigenvalue weighted by atomic mass is 35.7. The van der Waals surface area contributed by atoms with E-state index in [1.165, 1.54) is 12.1 Å². The molecular formula is C59H65ClO19S. The number of carboxylic acids is 1. The summed E-state index contributed by atoms with van der Waals surface area (Å²) in [6, 6.07) is 42.9. The number of aromatic hydroxyl groups is 1. The van der Waals surface area contributed by atoms with Crippen LogP contribution in [0.4, 0.5) is 0 Å². The Morgan fingerprint density at radius 2 is 0.738 bits per heavy atom. The molecule has 0 saturated heterocycles. The molecule has 6 aromatic carbocycles. The molecule has 0 radical (unpaired) electrons. The second-order valence-corrected chi connectivity index (χ2v) is 18.9. The topological polar surface area (TPSA) is 244 Å². The molecule has 0 bridgehead atoms. The van der Waals surface area contributed by atoms with E-state index in [0.717, 1.165) is 52.2 Å². The van der Waals surface area contributed by atoms with Crippen molar-refractivity contribution in [3.05, 3.63) is 182 Å². The van der Waals surface area contributed by atoms with E-state index in [1.54, 1.807) is 74.9 Å². The average Bonchev–Trinajstić information content (AvgIpc) is 3.46. The molecule has 0 aliphatic heterocycles. The number of methoxy groups -OCH3 is 2. The molecule has 0 aliphatic carbocycles. The molecule has 80 heavy (non-hydrogen) atoms. The van der Waals surface area contributed by atoms with Crippen LogP contribution >= 0.6 is 10.7 Å². The van der Waals surface area contributed by atoms with Crippen LogP contribution in [0.1, 0.15) is 20.7 Å². The number of esters is 3. The first kappa shape index (κ1) is 66.0. The van der Waals surface area contributed by atoms with E-state index in [1.807, 2.05) is 72.8 Å². The van der Waals surface area contributed by atoms with Crippen molar-refractivity contribution in [2.24, 2.45) is 0 Å². The fourth-order valence-corrected chi connectivity index (χ4v) is 6.08. The number of hydrogen-bond acceptors (Lipinski definition) is 18. The second kappa shape index (κ2) is 38.3. The molecular weight excluding hydrogens is 1080 g/mol. The first-order valence-corrected chi connectivity index (χ1v) is 27.1. The van der Waals surface area contributed by atoms with Crippen LogP contribution < -0.4 is 23.7 Å². The normalized spacial score (nSPS) is 10.3. The van der Waals surface area contributed by atoms with Gasteiger partial charge < -0.3 is 62.3 Å². The van der Waals surface area contributed by atoms with Crippen molar-refractivity contribution >= 4 is 43.6 Å². The molecule has 0 aromatic heterocycles. The van der Waals surface area contributed by atoms with Crippen LogP contribution in [0.3, 0.4) is 0 Å². The Morgan fingerprint density at radius 1 is 0.450 bits per heavy atom. The smallest absolute Gasteiger partial charge is 0.343 e. The highest BCUT2D eigenvalue weighted by molar-refractivity contribution is 8.13. The number of aromatic carboxylic acids is 1. The van der Waals surface area contributed by atoms with Crippen molar-refractivity contribution in [2.75, 3.05) is 99.8 Å². The van der Waals surface area contributed by atoms with E-state index in [9.17, 15) is 27.6 Å². The Kier molecular flexibility index (Phi) is 31.7. The molecule has 0 unspecified atom stereocenters. The number of hydrogen-bond donors (Lipinski definition) is 2. The monoisotopic (exact) mass is 1140 g/mol. The Morgan fingerprint density at radius 3 is 1.06 bits per heavy atom. The van der Waals surface area contributed by atoms with Gasteiger partial charge in [0.1, 0.15) is 60.9 Å². The highest BCUT2D eigenvalue weighted by Crippen LogP contribution is 2.26. The fraction of sp³-hybridized carbons (Fsp3) is 0.254. The van der Waals surface area contributed by atoms with E-state index in [0.29, 0.717) is 88.9 Å². The van der Waals surface area contributed by atoms with Gasteiger partial charge in [0.25, 0.3) is 0 Å². The summed E-state index contributed by atoms with van der Waals surface area (Å²) in [6.07, 6.45) is 3.12. The van der Waals surface area contributed by atoms with Gasteiger partial charge in [-0.3, -0.25) is 0 Å². The largest absolute Gasteiger partial charge is 0.508 e. The van der Waals surface area contributed by atoms with Gasteiger partial charge in [0.15, 0.2) is 0 Å². The maximum atomic E-state index is 12.5. The number of rotatable bonds is 29. The molecule has 6 rings (SSSR count). The third-order valence-corrected chi connectivity index (χ3v) is 9.98. The Labute approximate surface area is 470 Å². The summed E-state index contributed by atoms with van der Waals surface area (Å²) in [5.74, 6) is 1.21. The molecule has 21 heteroatoms.